The number of anilines is 1. The predicted octanol–water partition coefficient (Wildman–Crippen LogP) is 3.63. The number of aliphatic carboxylic acids is 1. The van der Waals surface area contributed by atoms with Crippen LogP contribution in [0, 0.1) is 17.8 Å². The molecule has 1 aliphatic carbocycles. The topological polar surface area (TPSA) is 61.4 Å². The van der Waals surface area contributed by atoms with Gasteiger partial charge in [0, 0.05) is 11.7 Å². The molecule has 2 aliphatic heterocycles. The Bertz CT molecular complexity index is 635. The number of fused-ring (bicyclic) bond motifs is 1. The number of hydrogen-bond acceptors (Lipinski definition) is 3. The summed E-state index contributed by atoms with van der Waals surface area (Å²) in [6, 6.07) is 7.26. The molecular weight excluding hydrogens is 312 g/mol. The van der Waals surface area contributed by atoms with Crippen LogP contribution < -0.4 is 10.6 Å². The smallest absolute Gasteiger partial charge is 0.306 e. The minimum Gasteiger partial charge on any atom is -0.481 e. The van der Waals surface area contributed by atoms with Crippen molar-refractivity contribution in [1.82, 2.24) is 5.32 Å². The maximum Gasteiger partial charge on any atom is 0.306 e. The highest BCUT2D eigenvalue weighted by atomic mass is 16.4. The van der Waals surface area contributed by atoms with Crippen molar-refractivity contribution in [3.8, 4) is 0 Å². The van der Waals surface area contributed by atoms with Crippen molar-refractivity contribution in [3.63, 3.8) is 0 Å². The van der Waals surface area contributed by atoms with E-state index in [2.05, 4.69) is 28.8 Å². The van der Waals surface area contributed by atoms with E-state index in [9.17, 15) is 9.90 Å². The summed E-state index contributed by atoms with van der Waals surface area (Å²) in [4.78, 5) is 11.6. The summed E-state index contributed by atoms with van der Waals surface area (Å²) >= 11 is 0. The number of carboxylic acids is 1. The highest BCUT2D eigenvalue weighted by molar-refractivity contribution is 5.71. The molecule has 2 heterocycles. The van der Waals surface area contributed by atoms with Crippen molar-refractivity contribution in [3.05, 3.63) is 29.3 Å². The van der Waals surface area contributed by atoms with Gasteiger partial charge in [-0.1, -0.05) is 19.1 Å². The average Bonchev–Trinajstić information content (AvgIpc) is 3.47. The Hall–Kier alpha value is -1.55. The summed E-state index contributed by atoms with van der Waals surface area (Å²) in [6.07, 6.45) is 7.21. The van der Waals surface area contributed by atoms with Gasteiger partial charge in [0.2, 0.25) is 0 Å². The second-order valence-corrected chi connectivity index (χ2v) is 8.28. The maximum absolute atomic E-state index is 11.6. The molecule has 1 saturated heterocycles. The highest BCUT2D eigenvalue weighted by Crippen LogP contribution is 2.47. The van der Waals surface area contributed by atoms with Gasteiger partial charge in [0.25, 0.3) is 0 Å². The zero-order valence-corrected chi connectivity index (χ0v) is 15.1. The Morgan fingerprint density at radius 1 is 1.16 bits per heavy atom. The molecule has 25 heavy (non-hydrogen) atoms. The van der Waals surface area contributed by atoms with E-state index in [1.165, 1.54) is 48.9 Å². The third kappa shape index (κ3) is 3.55. The summed E-state index contributed by atoms with van der Waals surface area (Å²) < 4.78 is 0. The fourth-order valence-electron chi connectivity index (χ4n) is 4.91. The van der Waals surface area contributed by atoms with Crippen LogP contribution in [-0.2, 0) is 11.2 Å². The first-order valence-electron chi connectivity index (χ1n) is 9.96. The molecule has 3 unspecified atom stereocenters. The summed E-state index contributed by atoms with van der Waals surface area (Å²) in [5.74, 6) is 0.483. The van der Waals surface area contributed by atoms with Crippen molar-refractivity contribution in [2.75, 3.05) is 18.4 Å². The van der Waals surface area contributed by atoms with Gasteiger partial charge in [0.05, 0.1) is 5.92 Å². The lowest BCUT2D eigenvalue weighted by Gasteiger charge is -2.36. The van der Waals surface area contributed by atoms with Crippen molar-refractivity contribution in [1.29, 1.82) is 0 Å². The lowest BCUT2D eigenvalue weighted by Crippen LogP contribution is -2.39. The molecule has 3 aliphatic rings. The molecule has 3 N–H and O–H groups in total. The van der Waals surface area contributed by atoms with Crippen LogP contribution in [0.25, 0.3) is 0 Å². The van der Waals surface area contributed by atoms with Crippen LogP contribution in [0.5, 0.6) is 0 Å². The molecule has 0 aromatic heterocycles. The quantitative estimate of drug-likeness (QED) is 0.765. The molecule has 0 amide bonds. The normalized spacial score (nSPS) is 26.4. The monoisotopic (exact) mass is 342 g/mol. The summed E-state index contributed by atoms with van der Waals surface area (Å²) in [5.41, 5.74) is 3.87. The fourth-order valence-corrected chi connectivity index (χ4v) is 4.91. The van der Waals surface area contributed by atoms with E-state index in [4.69, 9.17) is 0 Å². The number of aryl methyl sites for hydroxylation is 1. The summed E-state index contributed by atoms with van der Waals surface area (Å²) in [6.45, 7) is 4.14. The van der Waals surface area contributed by atoms with E-state index in [1.54, 1.807) is 0 Å². The van der Waals surface area contributed by atoms with Crippen LogP contribution in [-0.4, -0.2) is 30.2 Å². The average molecular weight is 342 g/mol. The molecule has 0 radical (unpaired) electrons. The Kier molecular flexibility index (Phi) is 4.72. The zero-order chi connectivity index (χ0) is 17.4. The van der Waals surface area contributed by atoms with Gasteiger partial charge in [0.15, 0.2) is 0 Å². The molecule has 0 spiro atoms. The molecule has 1 aromatic rings. The Balaban J connectivity index is 1.55. The molecule has 3 atom stereocenters. The fraction of sp³-hybridized carbons (Fsp3) is 0.667. The van der Waals surface area contributed by atoms with E-state index in [0.717, 1.165) is 25.4 Å². The zero-order valence-electron chi connectivity index (χ0n) is 15.1. The molecular formula is C21H30N2O2. The summed E-state index contributed by atoms with van der Waals surface area (Å²) in [5, 5.41) is 16.8. The largest absolute Gasteiger partial charge is 0.481 e. The minimum atomic E-state index is -0.671. The number of carbonyl (C=O) groups is 1. The van der Waals surface area contributed by atoms with Gasteiger partial charge in [-0.2, -0.15) is 0 Å². The van der Waals surface area contributed by atoms with E-state index < -0.39 is 5.97 Å². The van der Waals surface area contributed by atoms with Gasteiger partial charge in [-0.15, -0.1) is 0 Å². The second-order valence-electron chi connectivity index (χ2n) is 8.28. The molecule has 0 bridgehead atoms. The van der Waals surface area contributed by atoms with Gasteiger partial charge < -0.3 is 15.7 Å². The predicted molar refractivity (Wildman–Crippen MR) is 100 cm³/mol. The van der Waals surface area contributed by atoms with Crippen LogP contribution in [0.2, 0.25) is 0 Å². The van der Waals surface area contributed by atoms with Gasteiger partial charge in [0.1, 0.15) is 0 Å². The van der Waals surface area contributed by atoms with E-state index in [-0.39, 0.29) is 11.8 Å². The molecule has 136 valence electrons. The lowest BCUT2D eigenvalue weighted by atomic mass is 9.80. The first kappa shape index (κ1) is 16.9. The van der Waals surface area contributed by atoms with Gasteiger partial charge in [-0.3, -0.25) is 4.79 Å². The standard InChI is InChI=1S/C21H30N2O2/c1-13(21(24)25)20(16-3-4-16)17-5-2-14-6-7-18(23-19(14)12-17)15-8-10-22-11-9-15/h2,5,12-13,15-16,18,20,22-23H,3-4,6-11H2,1H3,(H,24,25). The number of rotatable bonds is 5. The highest BCUT2D eigenvalue weighted by Gasteiger charge is 2.39. The van der Waals surface area contributed by atoms with Crippen LogP contribution in [0.15, 0.2) is 18.2 Å². The molecule has 1 saturated carbocycles. The number of nitrogens with one attached hydrogen (secondary N) is 2. The number of benzene rings is 1. The third-order valence-electron chi connectivity index (χ3n) is 6.60. The Labute approximate surface area is 150 Å². The van der Waals surface area contributed by atoms with Crippen molar-refractivity contribution in [2.24, 2.45) is 17.8 Å². The SMILES string of the molecule is CC(C(=O)O)C(c1ccc2c(c1)NC(C1CCNCC1)CC2)C1CC1. The van der Waals surface area contributed by atoms with Crippen LogP contribution in [0.3, 0.4) is 0 Å². The number of hydrogen-bond donors (Lipinski definition) is 3. The van der Waals surface area contributed by atoms with E-state index in [1.807, 2.05) is 6.92 Å². The molecule has 4 rings (SSSR count). The Morgan fingerprint density at radius 2 is 1.92 bits per heavy atom. The van der Waals surface area contributed by atoms with E-state index >= 15 is 0 Å². The number of carboxylic acid groups (broad SMARTS) is 1. The van der Waals surface area contributed by atoms with Gasteiger partial charge in [-0.25, -0.2) is 0 Å². The first-order chi connectivity index (χ1) is 12.1. The minimum absolute atomic E-state index is 0.156. The van der Waals surface area contributed by atoms with Crippen molar-refractivity contribution >= 4 is 11.7 Å². The lowest BCUT2D eigenvalue weighted by molar-refractivity contribution is -0.142. The van der Waals surface area contributed by atoms with Gasteiger partial charge >= 0.3 is 5.97 Å². The van der Waals surface area contributed by atoms with Crippen molar-refractivity contribution in [2.45, 2.75) is 57.4 Å². The molecule has 1 aromatic carbocycles. The molecule has 4 nitrogen and oxygen atoms in total. The van der Waals surface area contributed by atoms with Crippen LogP contribution >= 0.6 is 0 Å². The van der Waals surface area contributed by atoms with Crippen LogP contribution in [0.1, 0.15) is 56.1 Å². The number of piperidine rings is 1. The van der Waals surface area contributed by atoms with Crippen molar-refractivity contribution < 1.29 is 9.90 Å². The second kappa shape index (κ2) is 6.99. The molecule has 2 fully saturated rings. The van der Waals surface area contributed by atoms with Gasteiger partial charge in [-0.05, 0) is 86.6 Å². The molecule has 4 heteroatoms. The maximum atomic E-state index is 11.6. The third-order valence-corrected chi connectivity index (χ3v) is 6.60. The van der Waals surface area contributed by atoms with E-state index in [0.29, 0.717) is 12.0 Å². The van der Waals surface area contributed by atoms with Crippen LogP contribution in [0.4, 0.5) is 5.69 Å². The first-order valence-corrected chi connectivity index (χ1v) is 9.96. The summed E-state index contributed by atoms with van der Waals surface area (Å²) in [7, 11) is 0. The Morgan fingerprint density at radius 3 is 2.60 bits per heavy atom.